The van der Waals surface area contributed by atoms with E-state index in [1.165, 1.54) is 0 Å². The highest BCUT2D eigenvalue weighted by Crippen LogP contribution is 2.46. The van der Waals surface area contributed by atoms with Gasteiger partial charge in [-0.25, -0.2) is 0 Å². The molecular formula is C8H3BrF6O2. The smallest absolute Gasteiger partial charge is 0.503 e. The van der Waals surface area contributed by atoms with Crippen molar-refractivity contribution in [2.45, 2.75) is 12.5 Å². The second-order valence-corrected chi connectivity index (χ2v) is 3.67. The normalized spacial score (nSPS) is 12.6. The maximum absolute atomic E-state index is 12.4. The van der Waals surface area contributed by atoms with Crippen LogP contribution >= 0.6 is 15.9 Å². The highest BCUT2D eigenvalue weighted by Gasteiger charge is 2.41. The minimum Gasteiger partial charge on any atom is -0.503 e. The van der Waals surface area contributed by atoms with Crippen LogP contribution in [0.25, 0.3) is 0 Å². The van der Waals surface area contributed by atoms with E-state index in [-0.39, 0.29) is 4.47 Å². The molecule has 0 saturated carbocycles. The molecule has 96 valence electrons. The predicted octanol–water partition coefficient (Wildman–Crippen LogP) is 4.07. The summed E-state index contributed by atoms with van der Waals surface area (Å²) < 4.78 is 75.6. The zero-order valence-electron chi connectivity index (χ0n) is 7.66. The molecule has 0 fully saturated rings. The lowest BCUT2D eigenvalue weighted by molar-refractivity contribution is -0.276. The monoisotopic (exact) mass is 324 g/mol. The van der Waals surface area contributed by atoms with E-state index in [0.717, 1.165) is 6.07 Å². The van der Waals surface area contributed by atoms with Crippen LogP contribution < -0.4 is 4.74 Å². The van der Waals surface area contributed by atoms with E-state index in [2.05, 4.69) is 20.7 Å². The SMILES string of the molecule is Oc1c(Br)ccc(C(F)(F)F)c1OC(F)(F)F. The molecule has 1 aromatic rings. The van der Waals surface area contributed by atoms with Gasteiger partial charge < -0.3 is 9.84 Å². The van der Waals surface area contributed by atoms with Crippen molar-refractivity contribution in [2.75, 3.05) is 0 Å². The van der Waals surface area contributed by atoms with E-state index in [1.54, 1.807) is 0 Å². The number of aromatic hydroxyl groups is 1. The van der Waals surface area contributed by atoms with Gasteiger partial charge in [0.05, 0.1) is 4.47 Å². The molecule has 0 aliphatic carbocycles. The first kappa shape index (κ1) is 13.9. The van der Waals surface area contributed by atoms with Crippen LogP contribution in [0.5, 0.6) is 11.5 Å². The molecule has 0 radical (unpaired) electrons. The fourth-order valence-corrected chi connectivity index (χ4v) is 1.30. The van der Waals surface area contributed by atoms with E-state index in [9.17, 15) is 26.3 Å². The molecule has 0 aliphatic rings. The number of hydrogen-bond donors (Lipinski definition) is 1. The number of ether oxygens (including phenoxy) is 1. The Labute approximate surface area is 98.9 Å². The summed E-state index contributed by atoms with van der Waals surface area (Å²) in [7, 11) is 0. The largest absolute Gasteiger partial charge is 0.573 e. The fraction of sp³-hybridized carbons (Fsp3) is 0.250. The molecule has 0 bridgehead atoms. The summed E-state index contributed by atoms with van der Waals surface area (Å²) >= 11 is 2.59. The molecule has 0 aliphatic heterocycles. The Morgan fingerprint density at radius 1 is 1.06 bits per heavy atom. The summed E-state index contributed by atoms with van der Waals surface area (Å²) in [6.45, 7) is 0. The first-order valence-electron chi connectivity index (χ1n) is 3.87. The van der Waals surface area contributed by atoms with E-state index in [4.69, 9.17) is 5.11 Å². The molecule has 1 aromatic carbocycles. The summed E-state index contributed by atoms with van der Waals surface area (Å²) in [5.41, 5.74) is -1.71. The molecule has 1 rings (SSSR count). The molecule has 17 heavy (non-hydrogen) atoms. The van der Waals surface area contributed by atoms with Gasteiger partial charge in [-0.2, -0.15) is 13.2 Å². The summed E-state index contributed by atoms with van der Waals surface area (Å²) in [6, 6.07) is 1.13. The quantitative estimate of drug-likeness (QED) is 0.789. The van der Waals surface area contributed by atoms with Crippen LogP contribution in [0.1, 0.15) is 5.56 Å². The van der Waals surface area contributed by atoms with Crippen molar-refractivity contribution in [3.05, 3.63) is 22.2 Å². The molecule has 1 N–H and O–H groups in total. The van der Waals surface area contributed by atoms with Crippen molar-refractivity contribution in [1.29, 1.82) is 0 Å². The van der Waals surface area contributed by atoms with Crippen LogP contribution in [-0.4, -0.2) is 11.5 Å². The third-order valence-corrected chi connectivity index (χ3v) is 2.25. The highest BCUT2D eigenvalue weighted by atomic mass is 79.9. The lowest BCUT2D eigenvalue weighted by Crippen LogP contribution is -2.20. The van der Waals surface area contributed by atoms with Gasteiger partial charge in [-0.3, -0.25) is 0 Å². The van der Waals surface area contributed by atoms with Crippen LogP contribution in [0.3, 0.4) is 0 Å². The summed E-state index contributed by atoms with van der Waals surface area (Å²) in [5, 5.41) is 9.13. The lowest BCUT2D eigenvalue weighted by atomic mass is 10.2. The third-order valence-electron chi connectivity index (χ3n) is 1.61. The predicted molar refractivity (Wildman–Crippen MR) is 47.5 cm³/mol. The van der Waals surface area contributed by atoms with Gasteiger partial charge in [0.15, 0.2) is 11.5 Å². The topological polar surface area (TPSA) is 29.5 Å². The van der Waals surface area contributed by atoms with Gasteiger partial charge in [0.25, 0.3) is 0 Å². The number of rotatable bonds is 1. The van der Waals surface area contributed by atoms with Crippen LogP contribution in [0.15, 0.2) is 16.6 Å². The Morgan fingerprint density at radius 3 is 2.00 bits per heavy atom. The maximum Gasteiger partial charge on any atom is 0.573 e. The molecule has 0 amide bonds. The Kier molecular flexibility index (Phi) is 3.51. The average Bonchev–Trinajstić information content (AvgIpc) is 2.08. The number of halogens is 7. The second kappa shape index (κ2) is 4.28. The van der Waals surface area contributed by atoms with Crippen molar-refractivity contribution in [3.8, 4) is 11.5 Å². The van der Waals surface area contributed by atoms with Crippen LogP contribution in [0.2, 0.25) is 0 Å². The minimum absolute atomic E-state index is 0.343. The van der Waals surface area contributed by atoms with Gasteiger partial charge in [-0.1, -0.05) is 0 Å². The van der Waals surface area contributed by atoms with Crippen LogP contribution in [-0.2, 0) is 6.18 Å². The Bertz CT molecular complexity index is 425. The first-order valence-corrected chi connectivity index (χ1v) is 4.66. The van der Waals surface area contributed by atoms with E-state index in [0.29, 0.717) is 6.07 Å². The molecule has 0 atom stereocenters. The van der Waals surface area contributed by atoms with E-state index < -0.39 is 29.6 Å². The molecule has 0 aromatic heterocycles. The molecule has 2 nitrogen and oxygen atoms in total. The molecule has 0 heterocycles. The lowest BCUT2D eigenvalue weighted by Gasteiger charge is -2.16. The number of phenols is 1. The zero-order valence-corrected chi connectivity index (χ0v) is 9.24. The van der Waals surface area contributed by atoms with Crippen molar-refractivity contribution >= 4 is 15.9 Å². The van der Waals surface area contributed by atoms with Crippen molar-refractivity contribution in [3.63, 3.8) is 0 Å². The number of hydrogen-bond acceptors (Lipinski definition) is 2. The number of phenolic OH excluding ortho intramolecular Hbond substituents is 1. The van der Waals surface area contributed by atoms with Gasteiger partial charge in [0, 0.05) is 0 Å². The van der Waals surface area contributed by atoms with Gasteiger partial charge in [0.2, 0.25) is 0 Å². The summed E-state index contributed by atoms with van der Waals surface area (Å²) in [4.78, 5) is 0. The standard InChI is InChI=1S/C8H3BrF6O2/c9-4-2-1-3(7(10,11)12)6(5(4)16)17-8(13,14)15/h1-2,16H. The fourth-order valence-electron chi connectivity index (χ4n) is 0.989. The molecule has 0 saturated heterocycles. The first-order chi connectivity index (χ1) is 7.52. The van der Waals surface area contributed by atoms with Crippen molar-refractivity contribution in [1.82, 2.24) is 0 Å². The van der Waals surface area contributed by atoms with Crippen LogP contribution in [0, 0.1) is 0 Å². The van der Waals surface area contributed by atoms with Crippen molar-refractivity contribution < 1.29 is 36.2 Å². The van der Waals surface area contributed by atoms with Gasteiger partial charge in [0.1, 0.15) is 5.56 Å². The number of alkyl halides is 6. The molecular weight excluding hydrogens is 322 g/mol. The highest BCUT2D eigenvalue weighted by molar-refractivity contribution is 9.10. The van der Waals surface area contributed by atoms with Crippen LogP contribution in [0.4, 0.5) is 26.3 Å². The third kappa shape index (κ3) is 3.42. The summed E-state index contributed by atoms with van der Waals surface area (Å²) in [6.07, 6.45) is -10.4. The van der Waals surface area contributed by atoms with Gasteiger partial charge in [-0.05, 0) is 28.1 Å². The summed E-state index contributed by atoms with van der Waals surface area (Å²) in [5.74, 6) is -2.95. The van der Waals surface area contributed by atoms with E-state index in [1.807, 2.05) is 0 Å². The molecule has 0 spiro atoms. The van der Waals surface area contributed by atoms with Gasteiger partial charge in [-0.15, -0.1) is 13.2 Å². The van der Waals surface area contributed by atoms with Gasteiger partial charge >= 0.3 is 12.5 Å². The zero-order chi connectivity index (χ0) is 13.4. The number of benzene rings is 1. The molecule has 0 unspecified atom stereocenters. The molecule has 9 heteroatoms. The Morgan fingerprint density at radius 2 is 1.59 bits per heavy atom. The minimum atomic E-state index is -5.34. The average molecular weight is 325 g/mol. The Balaban J connectivity index is 3.37. The van der Waals surface area contributed by atoms with E-state index >= 15 is 0 Å². The second-order valence-electron chi connectivity index (χ2n) is 2.82. The maximum atomic E-state index is 12.4. The Hall–Kier alpha value is -1.12. The van der Waals surface area contributed by atoms with Crippen molar-refractivity contribution in [2.24, 2.45) is 0 Å².